The van der Waals surface area contributed by atoms with E-state index in [1.165, 1.54) is 6.07 Å². The molecule has 1 N–H and O–H groups in total. The van der Waals surface area contributed by atoms with Crippen molar-refractivity contribution >= 4 is 11.6 Å². The summed E-state index contributed by atoms with van der Waals surface area (Å²) in [5.74, 6) is 0.137. The van der Waals surface area contributed by atoms with Gasteiger partial charge in [-0.1, -0.05) is 20.8 Å². The Kier molecular flexibility index (Phi) is 7.93. The molecular formula is C25H38FN5O. The molecule has 1 aliphatic heterocycles. The van der Waals surface area contributed by atoms with Gasteiger partial charge < -0.3 is 15.1 Å². The third kappa shape index (κ3) is 5.68. The lowest BCUT2D eigenvalue weighted by Crippen LogP contribution is -2.46. The van der Waals surface area contributed by atoms with Gasteiger partial charge in [-0.3, -0.25) is 9.48 Å². The maximum Gasteiger partial charge on any atom is 0.225 e. The summed E-state index contributed by atoms with van der Waals surface area (Å²) < 4.78 is 16.1. The number of halogens is 1. The first-order chi connectivity index (χ1) is 15.2. The molecule has 0 bridgehead atoms. The summed E-state index contributed by atoms with van der Waals surface area (Å²) in [7, 11) is 0. The standard InChI is InChI=1S/C25H38FN5O/c1-7-29-10-12-30(13-11-29)24-9-8-21(26)14-23(24)18(4)27-25(32)15-22-19(5)28-31(20(22)6)16-17(2)3/h8-9,14,17-18H,7,10-13,15-16H2,1-6H3,(H,27,32). The second-order valence-electron chi connectivity index (χ2n) is 9.32. The highest BCUT2D eigenvalue weighted by Crippen LogP contribution is 2.28. The number of rotatable bonds is 8. The molecule has 1 unspecified atom stereocenters. The number of aromatic nitrogens is 2. The van der Waals surface area contributed by atoms with Gasteiger partial charge in [0.05, 0.1) is 18.2 Å². The third-order valence-corrected chi connectivity index (χ3v) is 6.40. The molecule has 1 atom stereocenters. The van der Waals surface area contributed by atoms with Crippen molar-refractivity contribution < 1.29 is 9.18 Å². The average molecular weight is 444 g/mol. The fourth-order valence-corrected chi connectivity index (χ4v) is 4.51. The first kappa shape index (κ1) is 24.2. The molecule has 2 aromatic rings. The maximum absolute atomic E-state index is 14.1. The zero-order valence-electron chi connectivity index (χ0n) is 20.4. The number of hydrogen-bond donors (Lipinski definition) is 1. The molecule has 2 heterocycles. The highest BCUT2D eigenvalue weighted by Gasteiger charge is 2.23. The van der Waals surface area contributed by atoms with Crippen LogP contribution in [0.25, 0.3) is 0 Å². The molecule has 3 rings (SSSR count). The Morgan fingerprint density at radius 3 is 2.47 bits per heavy atom. The van der Waals surface area contributed by atoms with Crippen LogP contribution >= 0.6 is 0 Å². The van der Waals surface area contributed by atoms with Crippen LogP contribution in [0, 0.1) is 25.6 Å². The number of hydrogen-bond acceptors (Lipinski definition) is 4. The van der Waals surface area contributed by atoms with Gasteiger partial charge >= 0.3 is 0 Å². The number of carbonyl (C=O) groups excluding carboxylic acids is 1. The molecule has 1 aliphatic rings. The largest absolute Gasteiger partial charge is 0.369 e. The third-order valence-electron chi connectivity index (χ3n) is 6.40. The van der Waals surface area contributed by atoms with Gasteiger partial charge in [-0.05, 0) is 51.4 Å². The van der Waals surface area contributed by atoms with E-state index >= 15 is 0 Å². The Morgan fingerprint density at radius 1 is 1.16 bits per heavy atom. The zero-order chi connectivity index (χ0) is 23.4. The van der Waals surface area contributed by atoms with E-state index in [2.05, 4.69) is 41.0 Å². The molecule has 0 radical (unpaired) electrons. The molecule has 32 heavy (non-hydrogen) atoms. The van der Waals surface area contributed by atoms with Gasteiger partial charge in [0.15, 0.2) is 0 Å². The number of benzene rings is 1. The molecule has 1 amide bonds. The topological polar surface area (TPSA) is 53.4 Å². The maximum atomic E-state index is 14.1. The van der Waals surface area contributed by atoms with Gasteiger partial charge in [0.1, 0.15) is 5.82 Å². The first-order valence-electron chi connectivity index (χ1n) is 11.8. The Bertz CT molecular complexity index is 931. The summed E-state index contributed by atoms with van der Waals surface area (Å²) in [5.41, 5.74) is 4.75. The molecule has 0 saturated carbocycles. The first-order valence-corrected chi connectivity index (χ1v) is 11.8. The second-order valence-corrected chi connectivity index (χ2v) is 9.32. The SMILES string of the molecule is CCN1CCN(c2ccc(F)cc2C(C)NC(=O)Cc2c(C)nn(CC(C)C)c2C)CC1. The highest BCUT2D eigenvalue weighted by molar-refractivity contribution is 5.80. The van der Waals surface area contributed by atoms with Crippen LogP contribution in [0.3, 0.4) is 0 Å². The molecule has 1 fully saturated rings. The number of piperazine rings is 1. The minimum atomic E-state index is -0.288. The number of nitrogens with zero attached hydrogens (tertiary/aromatic N) is 4. The summed E-state index contributed by atoms with van der Waals surface area (Å²) in [5, 5.41) is 7.71. The highest BCUT2D eigenvalue weighted by atomic mass is 19.1. The van der Waals surface area contributed by atoms with Crippen LogP contribution < -0.4 is 10.2 Å². The fraction of sp³-hybridized carbons (Fsp3) is 0.600. The summed E-state index contributed by atoms with van der Waals surface area (Å²) in [6.45, 7) is 18.1. The van der Waals surface area contributed by atoms with E-state index in [9.17, 15) is 9.18 Å². The second kappa shape index (κ2) is 10.5. The molecule has 6 nitrogen and oxygen atoms in total. The van der Waals surface area contributed by atoms with Gasteiger partial charge in [0.2, 0.25) is 5.91 Å². The summed E-state index contributed by atoms with van der Waals surface area (Å²) in [6.07, 6.45) is 0.278. The lowest BCUT2D eigenvalue weighted by molar-refractivity contribution is -0.121. The van der Waals surface area contributed by atoms with Crippen LogP contribution in [0.4, 0.5) is 10.1 Å². The average Bonchev–Trinajstić information content (AvgIpc) is 3.00. The molecule has 1 aromatic carbocycles. The van der Waals surface area contributed by atoms with Crippen molar-refractivity contribution in [3.05, 3.63) is 46.5 Å². The molecular weight excluding hydrogens is 405 g/mol. The van der Waals surface area contributed by atoms with Crippen LogP contribution in [0.15, 0.2) is 18.2 Å². The minimum Gasteiger partial charge on any atom is -0.369 e. The van der Waals surface area contributed by atoms with Crippen LogP contribution in [-0.2, 0) is 17.8 Å². The summed E-state index contributed by atoms with van der Waals surface area (Å²) >= 11 is 0. The van der Waals surface area contributed by atoms with Gasteiger partial charge in [0.25, 0.3) is 0 Å². The molecule has 1 saturated heterocycles. The monoisotopic (exact) mass is 443 g/mol. The van der Waals surface area contributed by atoms with Crippen LogP contribution in [-0.4, -0.2) is 53.3 Å². The number of likely N-dealkylation sites (N-methyl/N-ethyl adjacent to an activating group) is 1. The number of anilines is 1. The molecule has 7 heteroatoms. The van der Waals surface area contributed by atoms with Gasteiger partial charge in [-0.2, -0.15) is 5.10 Å². The number of amides is 1. The van der Waals surface area contributed by atoms with E-state index in [1.54, 1.807) is 6.07 Å². The lowest BCUT2D eigenvalue weighted by Gasteiger charge is -2.37. The van der Waals surface area contributed by atoms with Crippen molar-refractivity contribution in [2.45, 2.75) is 60.5 Å². The van der Waals surface area contributed by atoms with E-state index in [0.29, 0.717) is 5.92 Å². The fourth-order valence-electron chi connectivity index (χ4n) is 4.51. The van der Waals surface area contributed by atoms with Crippen molar-refractivity contribution in [3.63, 3.8) is 0 Å². The molecule has 176 valence electrons. The van der Waals surface area contributed by atoms with Crippen molar-refractivity contribution in [1.29, 1.82) is 0 Å². The molecule has 0 spiro atoms. The van der Waals surface area contributed by atoms with Crippen molar-refractivity contribution in [1.82, 2.24) is 20.0 Å². The number of aryl methyl sites for hydroxylation is 1. The van der Waals surface area contributed by atoms with E-state index in [4.69, 9.17) is 0 Å². The Hall–Kier alpha value is -2.41. The normalized spacial score (nSPS) is 15.9. The summed E-state index contributed by atoms with van der Waals surface area (Å²) in [6, 6.07) is 4.63. The van der Waals surface area contributed by atoms with Gasteiger partial charge in [0, 0.05) is 55.2 Å². The predicted octanol–water partition coefficient (Wildman–Crippen LogP) is 3.86. The predicted molar refractivity (Wildman–Crippen MR) is 128 cm³/mol. The van der Waals surface area contributed by atoms with Crippen LogP contribution in [0.2, 0.25) is 0 Å². The van der Waals surface area contributed by atoms with E-state index in [0.717, 1.165) is 67.5 Å². The number of nitrogens with one attached hydrogen (secondary N) is 1. The lowest BCUT2D eigenvalue weighted by atomic mass is 10.0. The van der Waals surface area contributed by atoms with E-state index in [-0.39, 0.29) is 24.2 Å². The Labute approximate surface area is 191 Å². The minimum absolute atomic E-state index is 0.0705. The Balaban J connectivity index is 1.72. The molecule has 1 aromatic heterocycles. The van der Waals surface area contributed by atoms with Crippen LogP contribution in [0.1, 0.15) is 56.3 Å². The van der Waals surface area contributed by atoms with E-state index in [1.807, 2.05) is 31.5 Å². The smallest absolute Gasteiger partial charge is 0.225 e. The zero-order valence-corrected chi connectivity index (χ0v) is 20.4. The summed E-state index contributed by atoms with van der Waals surface area (Å²) in [4.78, 5) is 17.6. The van der Waals surface area contributed by atoms with Crippen molar-refractivity contribution in [3.8, 4) is 0 Å². The number of carbonyl (C=O) groups is 1. The van der Waals surface area contributed by atoms with E-state index < -0.39 is 0 Å². The van der Waals surface area contributed by atoms with Crippen molar-refractivity contribution in [2.75, 3.05) is 37.6 Å². The quantitative estimate of drug-likeness (QED) is 0.673. The molecule has 0 aliphatic carbocycles. The van der Waals surface area contributed by atoms with Gasteiger partial charge in [-0.15, -0.1) is 0 Å². The van der Waals surface area contributed by atoms with Crippen LogP contribution in [0.5, 0.6) is 0 Å². The Morgan fingerprint density at radius 2 is 1.84 bits per heavy atom. The van der Waals surface area contributed by atoms with Crippen molar-refractivity contribution in [2.24, 2.45) is 5.92 Å². The van der Waals surface area contributed by atoms with Gasteiger partial charge in [-0.25, -0.2) is 4.39 Å².